The highest BCUT2D eigenvalue weighted by atomic mass is 16.2. The summed E-state index contributed by atoms with van der Waals surface area (Å²) in [5.74, 6) is 0.368. The Hall–Kier alpha value is -3.75. The molecular weight excluding hydrogens is 396 g/mol. The van der Waals surface area contributed by atoms with Crippen LogP contribution < -0.4 is 15.8 Å². The summed E-state index contributed by atoms with van der Waals surface area (Å²) >= 11 is 0. The van der Waals surface area contributed by atoms with Gasteiger partial charge >= 0.3 is 0 Å². The van der Waals surface area contributed by atoms with Crippen molar-refractivity contribution in [3.05, 3.63) is 64.8 Å². The van der Waals surface area contributed by atoms with Crippen molar-refractivity contribution >= 4 is 28.5 Å². The first-order chi connectivity index (χ1) is 15.0. The van der Waals surface area contributed by atoms with Gasteiger partial charge in [-0.25, -0.2) is 9.97 Å². The molecule has 2 aliphatic heterocycles. The average Bonchev–Trinajstić information content (AvgIpc) is 2.80. The predicted octanol–water partition coefficient (Wildman–Crippen LogP) is 0.990. The van der Waals surface area contributed by atoms with Gasteiger partial charge in [0.15, 0.2) is 0 Å². The highest BCUT2D eigenvalue weighted by Crippen LogP contribution is 2.34. The summed E-state index contributed by atoms with van der Waals surface area (Å²) < 4.78 is 1.35. The Morgan fingerprint density at radius 3 is 2.68 bits per heavy atom. The summed E-state index contributed by atoms with van der Waals surface area (Å²) in [6.45, 7) is 0.888. The van der Waals surface area contributed by atoms with Crippen LogP contribution >= 0.6 is 0 Å². The fourth-order valence-corrected chi connectivity index (χ4v) is 4.46. The summed E-state index contributed by atoms with van der Waals surface area (Å²) in [5, 5.41) is 3.61. The number of piperidine rings is 1. The lowest BCUT2D eigenvalue weighted by molar-refractivity contribution is -0.133. The number of amides is 2. The number of pyridine rings is 1. The van der Waals surface area contributed by atoms with Crippen molar-refractivity contribution in [3.8, 4) is 0 Å². The highest BCUT2D eigenvalue weighted by Gasteiger charge is 2.45. The van der Waals surface area contributed by atoms with E-state index in [0.29, 0.717) is 48.2 Å². The van der Waals surface area contributed by atoms with Gasteiger partial charge in [0.2, 0.25) is 5.91 Å². The van der Waals surface area contributed by atoms with Crippen LogP contribution in [0.5, 0.6) is 0 Å². The van der Waals surface area contributed by atoms with Crippen molar-refractivity contribution in [2.24, 2.45) is 0 Å². The fourth-order valence-electron chi connectivity index (χ4n) is 4.46. The summed E-state index contributed by atoms with van der Waals surface area (Å²) in [4.78, 5) is 50.6. The van der Waals surface area contributed by atoms with Crippen molar-refractivity contribution in [1.82, 2.24) is 24.8 Å². The van der Waals surface area contributed by atoms with Crippen LogP contribution in [0.4, 0.5) is 5.82 Å². The molecule has 1 spiro atoms. The molecule has 3 aromatic rings. The lowest BCUT2D eigenvalue weighted by atomic mass is 9.91. The molecule has 1 fully saturated rings. The number of carbonyl (C=O) groups is 2. The summed E-state index contributed by atoms with van der Waals surface area (Å²) in [5.41, 5.74) is 0.365. The van der Waals surface area contributed by atoms with Crippen LogP contribution in [0.15, 0.2) is 53.7 Å². The molecule has 0 atom stereocenters. The maximum Gasteiger partial charge on any atom is 0.261 e. The van der Waals surface area contributed by atoms with Gasteiger partial charge in [0.05, 0.1) is 22.8 Å². The van der Waals surface area contributed by atoms with Crippen molar-refractivity contribution in [3.63, 3.8) is 0 Å². The number of nitrogens with zero attached hydrogens (tertiary/aromatic N) is 5. The number of carbonyl (C=O) groups excluding carboxylic acids is 2. The average molecular weight is 418 g/mol. The van der Waals surface area contributed by atoms with Gasteiger partial charge in [0, 0.05) is 39.2 Å². The Morgan fingerprint density at radius 2 is 1.87 bits per heavy atom. The molecule has 9 nitrogen and oxygen atoms in total. The first-order valence-corrected chi connectivity index (χ1v) is 10.2. The summed E-state index contributed by atoms with van der Waals surface area (Å²) in [7, 11) is 1.92. The molecule has 1 saturated heterocycles. The van der Waals surface area contributed by atoms with E-state index in [1.807, 2.05) is 18.0 Å². The van der Waals surface area contributed by atoms with Crippen molar-refractivity contribution in [1.29, 1.82) is 0 Å². The van der Waals surface area contributed by atoms with Crippen LogP contribution in [0.2, 0.25) is 0 Å². The minimum atomic E-state index is -0.573. The number of para-hydroxylation sites is 1. The molecule has 0 unspecified atom stereocenters. The monoisotopic (exact) mass is 418 g/mol. The van der Waals surface area contributed by atoms with Gasteiger partial charge < -0.3 is 15.1 Å². The fraction of sp³-hybridized carbons (Fsp3) is 0.318. The third kappa shape index (κ3) is 3.13. The smallest absolute Gasteiger partial charge is 0.261 e. The molecule has 0 bridgehead atoms. The summed E-state index contributed by atoms with van der Waals surface area (Å²) in [6.07, 6.45) is 4.24. The van der Waals surface area contributed by atoms with Gasteiger partial charge in [-0.2, -0.15) is 0 Å². The minimum Gasteiger partial charge on any atom is -0.341 e. The lowest BCUT2D eigenvalue weighted by Gasteiger charge is -2.50. The Balaban J connectivity index is 1.31. The number of nitrogens with one attached hydrogen (secondary N) is 1. The number of likely N-dealkylation sites (tertiary alicyclic amines) is 1. The zero-order valence-electron chi connectivity index (χ0n) is 17.1. The molecule has 2 aromatic heterocycles. The van der Waals surface area contributed by atoms with Gasteiger partial charge in [-0.15, -0.1) is 0 Å². The molecule has 1 N–H and O–H groups in total. The molecule has 0 aliphatic carbocycles. The Morgan fingerprint density at radius 1 is 1.10 bits per heavy atom. The number of rotatable bonds is 2. The van der Waals surface area contributed by atoms with Crippen LogP contribution in [0.1, 0.15) is 23.2 Å². The third-order valence-corrected chi connectivity index (χ3v) is 6.32. The van der Waals surface area contributed by atoms with Gasteiger partial charge in [-0.3, -0.25) is 19.0 Å². The maximum atomic E-state index is 12.9. The number of fused-ring (bicyclic) bond motifs is 2. The quantitative estimate of drug-likeness (QED) is 0.666. The number of hydrogen-bond donors (Lipinski definition) is 1. The van der Waals surface area contributed by atoms with Gasteiger partial charge in [0.1, 0.15) is 18.0 Å². The minimum absolute atomic E-state index is 0.0593. The van der Waals surface area contributed by atoms with E-state index in [1.165, 1.54) is 10.9 Å². The van der Waals surface area contributed by atoms with E-state index in [2.05, 4.69) is 15.3 Å². The first kappa shape index (κ1) is 19.2. The van der Waals surface area contributed by atoms with Crippen molar-refractivity contribution in [2.75, 3.05) is 25.0 Å². The van der Waals surface area contributed by atoms with Crippen LogP contribution in [0.3, 0.4) is 0 Å². The van der Waals surface area contributed by atoms with Crippen molar-refractivity contribution in [2.45, 2.75) is 25.0 Å². The third-order valence-electron chi connectivity index (χ3n) is 6.32. The topological polar surface area (TPSA) is 100 Å². The predicted molar refractivity (Wildman–Crippen MR) is 115 cm³/mol. The van der Waals surface area contributed by atoms with Gasteiger partial charge in [-0.1, -0.05) is 12.1 Å². The lowest BCUT2D eigenvalue weighted by Crippen LogP contribution is -2.67. The maximum absolute atomic E-state index is 12.9. The van der Waals surface area contributed by atoms with Gasteiger partial charge in [-0.05, 0) is 24.3 Å². The van der Waals surface area contributed by atoms with Crippen molar-refractivity contribution < 1.29 is 9.59 Å². The second kappa shape index (κ2) is 7.19. The molecule has 9 heteroatoms. The Bertz CT molecular complexity index is 1250. The standard InChI is InChI=1S/C22H22N6O3/c1-26-19-16(6-4-10-23-19)20(30)25-22(26)8-11-27(12-9-22)18(29)13-28-14-24-17-7-3-2-5-15(17)21(28)31/h2-7,10,14H,8-9,11-13H2,1H3,(H,25,30). The highest BCUT2D eigenvalue weighted by molar-refractivity contribution is 6.01. The van der Waals surface area contributed by atoms with Crippen LogP contribution in [0.25, 0.3) is 10.9 Å². The van der Waals surface area contributed by atoms with E-state index in [4.69, 9.17) is 0 Å². The molecule has 31 heavy (non-hydrogen) atoms. The van der Waals surface area contributed by atoms with Gasteiger partial charge in [0.25, 0.3) is 11.5 Å². The van der Waals surface area contributed by atoms with E-state index >= 15 is 0 Å². The van der Waals surface area contributed by atoms with Crippen LogP contribution in [-0.2, 0) is 11.3 Å². The van der Waals surface area contributed by atoms with Crippen LogP contribution in [0, 0.1) is 0 Å². The number of anilines is 1. The molecule has 0 radical (unpaired) electrons. The largest absolute Gasteiger partial charge is 0.341 e. The second-order valence-electron chi connectivity index (χ2n) is 7.99. The molecule has 2 amide bonds. The zero-order chi connectivity index (χ0) is 21.6. The van der Waals surface area contributed by atoms with E-state index < -0.39 is 5.66 Å². The Labute approximate surface area is 178 Å². The zero-order valence-corrected chi connectivity index (χ0v) is 17.1. The van der Waals surface area contributed by atoms with E-state index in [1.54, 1.807) is 41.4 Å². The molecule has 0 saturated carbocycles. The molecule has 158 valence electrons. The first-order valence-electron chi connectivity index (χ1n) is 10.2. The number of benzene rings is 1. The van der Waals surface area contributed by atoms with E-state index in [9.17, 15) is 14.4 Å². The molecular formula is C22H22N6O3. The molecule has 4 heterocycles. The Kier molecular flexibility index (Phi) is 4.46. The van der Waals surface area contributed by atoms with E-state index in [-0.39, 0.29) is 23.9 Å². The SMILES string of the molecule is CN1c2ncccc2C(=O)NC12CCN(C(=O)Cn1cnc3ccccc3c1=O)CC2. The van der Waals surface area contributed by atoms with Crippen LogP contribution in [-0.4, -0.2) is 57.0 Å². The number of aromatic nitrogens is 3. The summed E-state index contributed by atoms with van der Waals surface area (Å²) in [6, 6.07) is 10.6. The van der Waals surface area contributed by atoms with E-state index in [0.717, 1.165) is 0 Å². The molecule has 5 rings (SSSR count). The normalized spacial score (nSPS) is 17.5. The number of hydrogen-bond acceptors (Lipinski definition) is 6. The molecule has 2 aliphatic rings. The molecule has 1 aromatic carbocycles. The second-order valence-corrected chi connectivity index (χ2v) is 7.99.